The van der Waals surface area contributed by atoms with Gasteiger partial charge in [-0.1, -0.05) is 23.8 Å². The molecule has 6 heteroatoms. The van der Waals surface area contributed by atoms with Crippen molar-refractivity contribution in [3.05, 3.63) is 51.7 Å². The lowest BCUT2D eigenvalue weighted by Gasteiger charge is -2.08. The molecule has 2 aromatic rings. The number of rotatable bonds is 3. The van der Waals surface area contributed by atoms with Crippen molar-refractivity contribution in [1.29, 1.82) is 0 Å². The summed E-state index contributed by atoms with van der Waals surface area (Å²) in [6.45, 7) is 0. The van der Waals surface area contributed by atoms with Crippen molar-refractivity contribution in [2.24, 2.45) is 5.73 Å². The Kier molecular flexibility index (Phi) is 4.16. The van der Waals surface area contributed by atoms with Gasteiger partial charge in [0.05, 0.1) is 15.7 Å². The third-order valence-electron chi connectivity index (χ3n) is 2.12. The molecule has 0 bridgehead atoms. The van der Waals surface area contributed by atoms with Crippen LogP contribution in [0, 0.1) is 0 Å². The highest BCUT2D eigenvalue weighted by molar-refractivity contribution is 9.10. The number of pyridine rings is 1. The first-order valence-corrected chi connectivity index (χ1v) is 6.52. The van der Waals surface area contributed by atoms with Gasteiger partial charge in [-0.05, 0) is 34.1 Å². The van der Waals surface area contributed by atoms with Crippen molar-refractivity contribution in [2.75, 3.05) is 0 Å². The maximum atomic E-state index is 5.83. The molecule has 0 atom stereocenters. The third kappa shape index (κ3) is 3.19. The molecule has 0 spiro atoms. The van der Waals surface area contributed by atoms with Gasteiger partial charge < -0.3 is 10.5 Å². The maximum absolute atomic E-state index is 5.83. The van der Waals surface area contributed by atoms with Crippen molar-refractivity contribution >= 4 is 44.7 Å². The molecule has 92 valence electrons. The summed E-state index contributed by atoms with van der Waals surface area (Å²) in [7, 11) is 0. The summed E-state index contributed by atoms with van der Waals surface area (Å²) in [4.78, 5) is 4.28. The van der Waals surface area contributed by atoms with Crippen LogP contribution in [0.4, 0.5) is 0 Å². The molecule has 0 aliphatic heterocycles. The summed E-state index contributed by atoms with van der Waals surface area (Å²) in [6, 6.07) is 7.05. The minimum atomic E-state index is 0.340. The van der Waals surface area contributed by atoms with Crippen molar-refractivity contribution in [1.82, 2.24) is 4.98 Å². The highest BCUT2D eigenvalue weighted by Crippen LogP contribution is 2.31. The highest BCUT2D eigenvalue weighted by atomic mass is 79.9. The summed E-state index contributed by atoms with van der Waals surface area (Å²) < 4.78 is 6.40. The lowest BCUT2D eigenvalue weighted by molar-refractivity contribution is 0.477. The lowest BCUT2D eigenvalue weighted by atomic mass is 10.2. The van der Waals surface area contributed by atoms with Crippen molar-refractivity contribution < 1.29 is 4.74 Å². The van der Waals surface area contributed by atoms with E-state index in [9.17, 15) is 0 Å². The predicted molar refractivity (Wildman–Crippen MR) is 79.4 cm³/mol. The van der Waals surface area contributed by atoms with Gasteiger partial charge in [-0.25, -0.2) is 0 Å². The zero-order valence-corrected chi connectivity index (χ0v) is 12.2. The van der Waals surface area contributed by atoms with E-state index in [1.54, 1.807) is 36.7 Å². The van der Waals surface area contributed by atoms with E-state index in [1.165, 1.54) is 0 Å². The second-order valence-corrected chi connectivity index (χ2v) is 5.18. The van der Waals surface area contributed by atoms with E-state index in [4.69, 9.17) is 34.3 Å². The number of nitrogens with zero attached hydrogens (tertiary/aromatic N) is 1. The van der Waals surface area contributed by atoms with E-state index in [1.807, 2.05) is 0 Å². The minimum Gasteiger partial charge on any atom is -0.455 e. The Morgan fingerprint density at radius 2 is 2.11 bits per heavy atom. The Morgan fingerprint density at radius 1 is 1.33 bits per heavy atom. The molecular formula is C12H8BrClN2OS. The van der Waals surface area contributed by atoms with Crippen molar-refractivity contribution in [3.63, 3.8) is 0 Å². The van der Waals surface area contributed by atoms with Gasteiger partial charge in [0.2, 0.25) is 0 Å². The summed E-state index contributed by atoms with van der Waals surface area (Å²) >= 11 is 14.1. The van der Waals surface area contributed by atoms with E-state index in [0.29, 0.717) is 21.5 Å². The Morgan fingerprint density at radius 3 is 2.72 bits per heavy atom. The minimum absolute atomic E-state index is 0.340. The molecule has 1 heterocycles. The average Bonchev–Trinajstić information content (AvgIpc) is 2.31. The first kappa shape index (κ1) is 13.3. The Balaban J connectivity index is 2.27. The first-order valence-electron chi connectivity index (χ1n) is 4.94. The monoisotopic (exact) mass is 342 g/mol. The zero-order valence-electron chi connectivity index (χ0n) is 9.06. The molecule has 0 radical (unpaired) electrons. The van der Waals surface area contributed by atoms with Gasteiger partial charge in [-0.3, -0.25) is 4.98 Å². The molecule has 1 aromatic heterocycles. The van der Waals surface area contributed by atoms with Crippen LogP contribution in [0.2, 0.25) is 5.02 Å². The van der Waals surface area contributed by atoms with Gasteiger partial charge in [0.25, 0.3) is 0 Å². The quantitative estimate of drug-likeness (QED) is 0.858. The molecule has 2 N–H and O–H groups in total. The molecule has 1 aromatic carbocycles. The number of hydrogen-bond donors (Lipinski definition) is 1. The molecule has 18 heavy (non-hydrogen) atoms. The fraction of sp³-hybridized carbons (Fsp3) is 0. The summed E-state index contributed by atoms with van der Waals surface area (Å²) in [5.41, 5.74) is 6.32. The smallest absolute Gasteiger partial charge is 0.147 e. The van der Waals surface area contributed by atoms with Crippen LogP contribution in [-0.4, -0.2) is 9.97 Å². The maximum Gasteiger partial charge on any atom is 0.147 e. The molecular weight excluding hydrogens is 336 g/mol. The standard InChI is InChI=1S/C12H8BrClN2OS/c13-10-3-7(12(15)18)1-2-11(10)17-9-4-8(14)5-16-6-9/h1-6H,(H2,15,18). The van der Waals surface area contributed by atoms with Crippen LogP contribution >= 0.6 is 39.7 Å². The predicted octanol–water partition coefficient (Wildman–Crippen LogP) is 3.92. The Labute approximate surface area is 123 Å². The van der Waals surface area contributed by atoms with Crippen LogP contribution < -0.4 is 10.5 Å². The number of ether oxygens (including phenoxy) is 1. The number of nitrogens with two attached hydrogens (primary N) is 1. The molecule has 0 aliphatic carbocycles. The van der Waals surface area contributed by atoms with E-state index in [0.717, 1.165) is 10.0 Å². The van der Waals surface area contributed by atoms with Crippen molar-refractivity contribution in [3.8, 4) is 11.5 Å². The number of aromatic nitrogens is 1. The van der Waals surface area contributed by atoms with Crippen LogP contribution in [0.15, 0.2) is 41.1 Å². The summed E-state index contributed by atoms with van der Waals surface area (Å²) in [5.74, 6) is 1.20. The second kappa shape index (κ2) is 5.65. The average molecular weight is 344 g/mol. The van der Waals surface area contributed by atoms with Crippen LogP contribution in [0.25, 0.3) is 0 Å². The lowest BCUT2D eigenvalue weighted by Crippen LogP contribution is -2.08. The molecule has 0 saturated heterocycles. The fourth-order valence-electron chi connectivity index (χ4n) is 1.31. The van der Waals surface area contributed by atoms with E-state index in [-0.39, 0.29) is 0 Å². The summed E-state index contributed by atoms with van der Waals surface area (Å²) in [5, 5.41) is 0.517. The molecule has 2 rings (SSSR count). The molecule has 0 aliphatic rings. The Hall–Kier alpha value is -1.17. The van der Waals surface area contributed by atoms with E-state index < -0.39 is 0 Å². The number of halogens is 2. The third-order valence-corrected chi connectivity index (χ3v) is 3.19. The van der Waals surface area contributed by atoms with Crippen LogP contribution in [0.3, 0.4) is 0 Å². The molecule has 3 nitrogen and oxygen atoms in total. The van der Waals surface area contributed by atoms with E-state index >= 15 is 0 Å². The number of hydrogen-bond acceptors (Lipinski definition) is 3. The largest absolute Gasteiger partial charge is 0.455 e. The van der Waals surface area contributed by atoms with Gasteiger partial charge >= 0.3 is 0 Å². The highest BCUT2D eigenvalue weighted by Gasteiger charge is 2.06. The van der Waals surface area contributed by atoms with Crippen LogP contribution in [0.1, 0.15) is 5.56 Å². The van der Waals surface area contributed by atoms with Crippen LogP contribution in [-0.2, 0) is 0 Å². The topological polar surface area (TPSA) is 48.1 Å². The molecule has 0 saturated carbocycles. The van der Waals surface area contributed by atoms with Crippen LogP contribution in [0.5, 0.6) is 11.5 Å². The summed E-state index contributed by atoms with van der Waals surface area (Å²) in [6.07, 6.45) is 3.12. The second-order valence-electron chi connectivity index (χ2n) is 3.45. The zero-order chi connectivity index (χ0) is 13.1. The fourth-order valence-corrected chi connectivity index (χ4v) is 2.06. The van der Waals surface area contributed by atoms with Gasteiger partial charge in [-0.2, -0.15) is 0 Å². The molecule has 0 fully saturated rings. The van der Waals surface area contributed by atoms with Crippen molar-refractivity contribution in [2.45, 2.75) is 0 Å². The van der Waals surface area contributed by atoms with Gasteiger partial charge in [-0.15, -0.1) is 0 Å². The van der Waals surface area contributed by atoms with Gasteiger partial charge in [0.15, 0.2) is 0 Å². The number of benzene rings is 1. The number of thiocarbonyl (C=S) groups is 1. The van der Waals surface area contributed by atoms with E-state index in [2.05, 4.69) is 20.9 Å². The normalized spacial score (nSPS) is 10.1. The SMILES string of the molecule is NC(=S)c1ccc(Oc2cncc(Cl)c2)c(Br)c1. The van der Waals surface area contributed by atoms with Gasteiger partial charge in [0, 0.05) is 17.8 Å². The molecule has 0 amide bonds. The first-order chi connectivity index (χ1) is 8.56. The molecule has 0 unspecified atom stereocenters. The van der Waals surface area contributed by atoms with Gasteiger partial charge in [0.1, 0.15) is 16.5 Å². The Bertz CT molecular complexity index is 606.